The fourth-order valence-electron chi connectivity index (χ4n) is 6.61. The van der Waals surface area contributed by atoms with E-state index in [0.29, 0.717) is 6.42 Å². The highest BCUT2D eigenvalue weighted by molar-refractivity contribution is 5.77. The molecule has 0 saturated heterocycles. The Morgan fingerprint density at radius 1 is 0.768 bits per heavy atom. The first-order chi connectivity index (χ1) is 26.5. The number of allylic oxidation sites excluding steroid dienone is 2. The van der Waals surface area contributed by atoms with Crippen LogP contribution >= 0.6 is 0 Å². The van der Waals surface area contributed by atoms with Gasteiger partial charge in [-0.2, -0.15) is 0 Å². The summed E-state index contributed by atoms with van der Waals surface area (Å²) in [5.41, 5.74) is -1.63. The Morgan fingerprint density at radius 3 is 1.95 bits per heavy atom. The first-order valence-corrected chi connectivity index (χ1v) is 20.4. The van der Waals surface area contributed by atoms with E-state index < -0.39 is 46.6 Å². The first-order valence-electron chi connectivity index (χ1n) is 20.4. The first kappa shape index (κ1) is 47.9. The van der Waals surface area contributed by atoms with Gasteiger partial charge in [-0.05, 0) is 90.5 Å². The summed E-state index contributed by atoms with van der Waals surface area (Å²) in [6.07, 6.45) is 26.2. The van der Waals surface area contributed by atoms with E-state index in [9.17, 15) is 19.2 Å². The van der Waals surface area contributed by atoms with Crippen LogP contribution in [0.1, 0.15) is 138 Å². The van der Waals surface area contributed by atoms with Crippen molar-refractivity contribution >= 4 is 24.1 Å². The number of hydrogen-bond donors (Lipinski definition) is 0. The summed E-state index contributed by atoms with van der Waals surface area (Å²) < 4.78 is 27.4. The van der Waals surface area contributed by atoms with Gasteiger partial charge in [0.1, 0.15) is 19.8 Å². The largest absolute Gasteiger partial charge is 0.511 e. The van der Waals surface area contributed by atoms with Crippen LogP contribution in [0, 0.1) is 58.7 Å². The molecule has 1 aromatic carbocycles. The predicted octanol–water partition coefficient (Wildman–Crippen LogP) is 10.2. The molecular weight excluding hydrogens is 709 g/mol. The van der Waals surface area contributed by atoms with E-state index in [1.165, 1.54) is 50.5 Å². The number of hydrogen-bond acceptors (Lipinski definition) is 9. The van der Waals surface area contributed by atoms with Crippen LogP contribution in [-0.2, 0) is 44.5 Å². The summed E-state index contributed by atoms with van der Waals surface area (Å²) in [6.45, 7) is 11.0. The summed E-state index contributed by atoms with van der Waals surface area (Å²) in [4.78, 5) is 51.1. The van der Waals surface area contributed by atoms with Crippen molar-refractivity contribution in [3.05, 3.63) is 48.0 Å². The monoisotopic (exact) mass is 776 g/mol. The average Bonchev–Trinajstić information content (AvgIpc) is 3.60. The van der Waals surface area contributed by atoms with Crippen molar-refractivity contribution in [1.29, 1.82) is 0 Å². The van der Waals surface area contributed by atoms with Crippen LogP contribution in [0.2, 0.25) is 0 Å². The van der Waals surface area contributed by atoms with Crippen LogP contribution in [0.4, 0.5) is 4.79 Å². The standard InChI is InChI=1S/C47H68O9/c1-10-31-45(5,6)42(49)52-33-47(9,34-53-43(50)46(7,8)32-11-2)35-54-44(51)56-41(36(3)4)55-40(48)30-21-13-12-19-26-38-28-22-29-39(38)27-20-15-18-25-37-23-16-14-17-24-37/h1-2,12,14,16-17,19,23-24,36,38-39,41H,13,15,18,20-22,25-35H2,3-9H3/b19-12-/t38-,39-,41?/m0/s1. The van der Waals surface area contributed by atoms with Crippen LogP contribution in [0.5, 0.6) is 0 Å². The topological polar surface area (TPSA) is 114 Å². The van der Waals surface area contributed by atoms with Crippen LogP contribution in [0.15, 0.2) is 42.5 Å². The van der Waals surface area contributed by atoms with Gasteiger partial charge in [-0.25, -0.2) is 4.79 Å². The molecule has 1 saturated carbocycles. The Bertz CT molecular complexity index is 1430. The molecular formula is C47H68O9. The molecule has 0 heterocycles. The lowest BCUT2D eigenvalue weighted by molar-refractivity contribution is -0.180. The molecule has 0 bridgehead atoms. The second-order valence-electron chi connectivity index (χ2n) is 17.4. The lowest BCUT2D eigenvalue weighted by Crippen LogP contribution is -2.40. The number of unbranched alkanes of at least 4 members (excludes halogenated alkanes) is 3. The summed E-state index contributed by atoms with van der Waals surface area (Å²) in [7, 11) is 0. The highest BCUT2D eigenvalue weighted by Crippen LogP contribution is 2.38. The van der Waals surface area contributed by atoms with E-state index in [0.717, 1.165) is 31.1 Å². The SMILES string of the molecule is C#CCC(C)(C)C(=O)OCC(C)(COC(=O)OC(OC(=O)CCC/C=C\C[C@H]1CCC[C@@H]1CCCCCc1ccccc1)C(C)C)COC(=O)C(C)(C)CC#C. The Morgan fingerprint density at radius 2 is 1.36 bits per heavy atom. The summed E-state index contributed by atoms with van der Waals surface area (Å²) in [5.74, 6) is 4.56. The number of carbonyl (C=O) groups excluding carboxylic acids is 4. The number of ether oxygens (including phenoxy) is 5. The number of benzene rings is 1. The lowest BCUT2D eigenvalue weighted by atomic mass is 9.88. The molecule has 1 aliphatic rings. The fourth-order valence-corrected chi connectivity index (χ4v) is 6.61. The third-order valence-corrected chi connectivity index (χ3v) is 10.4. The average molecular weight is 777 g/mol. The molecule has 3 atom stereocenters. The maximum absolute atomic E-state index is 12.9. The van der Waals surface area contributed by atoms with Gasteiger partial charge < -0.3 is 23.7 Å². The van der Waals surface area contributed by atoms with Gasteiger partial charge in [0.25, 0.3) is 6.29 Å². The van der Waals surface area contributed by atoms with Gasteiger partial charge in [0.2, 0.25) is 0 Å². The van der Waals surface area contributed by atoms with Gasteiger partial charge in [0.15, 0.2) is 0 Å². The van der Waals surface area contributed by atoms with Gasteiger partial charge in [-0.1, -0.05) is 88.4 Å². The van der Waals surface area contributed by atoms with Gasteiger partial charge in [-0.15, -0.1) is 24.7 Å². The third-order valence-electron chi connectivity index (χ3n) is 10.4. The molecule has 56 heavy (non-hydrogen) atoms. The number of carbonyl (C=O) groups is 4. The van der Waals surface area contributed by atoms with Crippen molar-refractivity contribution in [2.45, 2.75) is 145 Å². The minimum Gasteiger partial charge on any atom is -0.464 e. The molecule has 1 unspecified atom stereocenters. The Balaban J connectivity index is 1.80. The van der Waals surface area contributed by atoms with Crippen molar-refractivity contribution in [2.24, 2.45) is 34.0 Å². The van der Waals surface area contributed by atoms with Crippen LogP contribution in [0.25, 0.3) is 0 Å². The Hall–Kier alpha value is -4.24. The van der Waals surface area contributed by atoms with E-state index >= 15 is 0 Å². The van der Waals surface area contributed by atoms with E-state index in [1.54, 1.807) is 48.5 Å². The zero-order chi connectivity index (χ0) is 41.6. The molecule has 1 aromatic rings. The zero-order valence-electron chi connectivity index (χ0n) is 35.2. The highest BCUT2D eigenvalue weighted by Gasteiger charge is 2.37. The zero-order valence-corrected chi connectivity index (χ0v) is 35.2. The van der Waals surface area contributed by atoms with E-state index in [1.807, 2.05) is 0 Å². The maximum Gasteiger partial charge on any atom is 0.511 e. The summed E-state index contributed by atoms with van der Waals surface area (Å²) in [6, 6.07) is 10.7. The number of aryl methyl sites for hydroxylation is 1. The van der Waals surface area contributed by atoms with Crippen LogP contribution < -0.4 is 0 Å². The van der Waals surface area contributed by atoms with E-state index in [-0.39, 0.29) is 45.0 Å². The molecule has 1 aliphatic carbocycles. The molecule has 2 rings (SSSR count). The van der Waals surface area contributed by atoms with E-state index in [2.05, 4.69) is 54.3 Å². The molecule has 0 spiro atoms. The van der Waals surface area contributed by atoms with Gasteiger partial charge in [-0.3, -0.25) is 14.4 Å². The van der Waals surface area contributed by atoms with Crippen molar-refractivity contribution < 1.29 is 42.9 Å². The van der Waals surface area contributed by atoms with Crippen LogP contribution in [-0.4, -0.2) is 50.2 Å². The van der Waals surface area contributed by atoms with Crippen molar-refractivity contribution in [1.82, 2.24) is 0 Å². The smallest absolute Gasteiger partial charge is 0.464 e. The number of terminal acetylenes is 2. The van der Waals surface area contributed by atoms with Gasteiger partial charge in [0, 0.05) is 25.2 Å². The Kier molecular flexibility index (Phi) is 20.9. The van der Waals surface area contributed by atoms with E-state index in [4.69, 9.17) is 36.5 Å². The third kappa shape index (κ3) is 18.1. The van der Waals surface area contributed by atoms with Crippen molar-refractivity contribution in [3.63, 3.8) is 0 Å². The molecule has 0 N–H and O–H groups in total. The minimum atomic E-state index is -1.17. The fraction of sp³-hybridized carbons (Fsp3) is 0.660. The number of rotatable bonds is 25. The van der Waals surface area contributed by atoms with Crippen molar-refractivity contribution in [2.75, 3.05) is 19.8 Å². The highest BCUT2D eigenvalue weighted by atomic mass is 16.8. The maximum atomic E-state index is 12.9. The second-order valence-corrected chi connectivity index (χ2v) is 17.4. The molecule has 9 heteroatoms. The summed E-state index contributed by atoms with van der Waals surface area (Å²) >= 11 is 0. The summed E-state index contributed by atoms with van der Waals surface area (Å²) in [5, 5.41) is 0. The Labute approximate surface area is 337 Å². The molecule has 9 nitrogen and oxygen atoms in total. The molecule has 0 aromatic heterocycles. The second kappa shape index (κ2) is 24.4. The van der Waals surface area contributed by atoms with Crippen LogP contribution in [0.3, 0.4) is 0 Å². The molecule has 0 aliphatic heterocycles. The molecule has 0 radical (unpaired) electrons. The predicted molar refractivity (Wildman–Crippen MR) is 219 cm³/mol. The molecule has 310 valence electrons. The normalized spacial score (nSPS) is 16.5. The van der Waals surface area contributed by atoms with Gasteiger partial charge in [0.05, 0.1) is 16.2 Å². The molecule has 0 amide bonds. The minimum absolute atomic E-state index is 0.157. The van der Waals surface area contributed by atoms with Gasteiger partial charge >= 0.3 is 24.1 Å². The number of esters is 3. The quantitative estimate of drug-likeness (QED) is 0.0239. The van der Waals surface area contributed by atoms with Crippen molar-refractivity contribution in [3.8, 4) is 24.7 Å². The molecule has 1 fully saturated rings. The lowest BCUT2D eigenvalue weighted by Gasteiger charge is -2.31.